The topological polar surface area (TPSA) is 37.3 Å². The lowest BCUT2D eigenvalue weighted by atomic mass is 9.48. The molecule has 22 heavy (non-hydrogen) atoms. The van der Waals surface area contributed by atoms with E-state index in [-0.39, 0.29) is 11.3 Å². The van der Waals surface area contributed by atoms with Gasteiger partial charge in [0.25, 0.3) is 0 Å². The molecule has 122 valence electrons. The van der Waals surface area contributed by atoms with Gasteiger partial charge in [-0.3, -0.25) is 0 Å². The molecule has 0 unspecified atom stereocenters. The van der Waals surface area contributed by atoms with Crippen molar-refractivity contribution in [3.63, 3.8) is 0 Å². The van der Waals surface area contributed by atoms with Gasteiger partial charge in [-0.1, -0.05) is 57.6 Å². The van der Waals surface area contributed by atoms with E-state index in [0.717, 1.165) is 24.8 Å². The van der Waals surface area contributed by atoms with Gasteiger partial charge in [-0.25, -0.2) is 4.79 Å². The molecule has 0 aliphatic heterocycles. The van der Waals surface area contributed by atoms with Gasteiger partial charge in [0.05, 0.1) is 0 Å². The van der Waals surface area contributed by atoms with Gasteiger partial charge >= 0.3 is 5.97 Å². The second-order valence-electron chi connectivity index (χ2n) is 8.04. The molecule has 1 N–H and O–H groups in total. The molecular formula is C20H30O2. The molecule has 0 aromatic rings. The molecule has 3 atom stereocenters. The van der Waals surface area contributed by atoms with Crippen LogP contribution in [0.3, 0.4) is 0 Å². The van der Waals surface area contributed by atoms with Crippen molar-refractivity contribution in [3.05, 3.63) is 36.0 Å². The van der Waals surface area contributed by atoms with Crippen LogP contribution in [0, 0.1) is 22.7 Å². The number of carboxylic acid groups (broad SMARTS) is 1. The molecule has 2 nitrogen and oxygen atoms in total. The average molecular weight is 302 g/mol. The van der Waals surface area contributed by atoms with Gasteiger partial charge < -0.3 is 5.11 Å². The van der Waals surface area contributed by atoms with Crippen molar-refractivity contribution in [3.8, 4) is 0 Å². The number of aliphatic carboxylic acids is 1. The van der Waals surface area contributed by atoms with Crippen LogP contribution in [0.2, 0.25) is 0 Å². The van der Waals surface area contributed by atoms with Crippen molar-refractivity contribution in [2.45, 2.75) is 59.8 Å². The molecule has 0 heterocycles. The molecule has 1 fully saturated rings. The first-order valence-electron chi connectivity index (χ1n) is 8.45. The fourth-order valence-electron chi connectivity index (χ4n) is 4.93. The molecule has 0 amide bonds. The molecule has 0 saturated heterocycles. The molecule has 1 saturated carbocycles. The lowest BCUT2D eigenvalue weighted by molar-refractivity contribution is -0.135. The molecule has 0 spiro atoms. The number of rotatable bonds is 4. The zero-order valence-corrected chi connectivity index (χ0v) is 14.5. The number of carbonyl (C=O) groups is 1. The lowest BCUT2D eigenvalue weighted by Crippen LogP contribution is -2.49. The Morgan fingerprint density at radius 2 is 2.09 bits per heavy atom. The smallest absolute Gasteiger partial charge is 0.331 e. The quantitative estimate of drug-likeness (QED) is 0.709. The Balaban J connectivity index is 2.43. The van der Waals surface area contributed by atoms with Crippen molar-refractivity contribution < 1.29 is 9.90 Å². The van der Waals surface area contributed by atoms with E-state index in [1.165, 1.54) is 12.8 Å². The van der Waals surface area contributed by atoms with Gasteiger partial charge in [0, 0.05) is 5.57 Å². The first-order chi connectivity index (χ1) is 10.2. The van der Waals surface area contributed by atoms with Gasteiger partial charge in [0.15, 0.2) is 0 Å². The Labute approximate surface area is 135 Å². The molecule has 0 aromatic carbocycles. The van der Waals surface area contributed by atoms with Gasteiger partial charge in [0.1, 0.15) is 0 Å². The predicted octanol–water partition coefficient (Wildman–Crippen LogP) is 5.37. The van der Waals surface area contributed by atoms with Gasteiger partial charge in [-0.05, 0) is 55.3 Å². The molecule has 0 bridgehead atoms. The van der Waals surface area contributed by atoms with Crippen LogP contribution in [0.1, 0.15) is 59.8 Å². The molecule has 0 aromatic heterocycles. The molecular weight excluding hydrogens is 272 g/mol. The van der Waals surface area contributed by atoms with Crippen LogP contribution in [-0.4, -0.2) is 11.1 Å². The van der Waals surface area contributed by atoms with Gasteiger partial charge in [0.2, 0.25) is 0 Å². The predicted molar refractivity (Wildman–Crippen MR) is 91.6 cm³/mol. The highest BCUT2D eigenvalue weighted by Crippen LogP contribution is 2.60. The summed E-state index contributed by atoms with van der Waals surface area (Å²) in [7, 11) is 0. The Morgan fingerprint density at radius 3 is 2.68 bits per heavy atom. The minimum atomic E-state index is -0.738. The monoisotopic (exact) mass is 302 g/mol. The number of hydrogen-bond acceptors (Lipinski definition) is 1. The maximum atomic E-state index is 11.7. The summed E-state index contributed by atoms with van der Waals surface area (Å²) >= 11 is 0. The van der Waals surface area contributed by atoms with Crippen molar-refractivity contribution >= 4 is 5.97 Å². The number of hydrogen-bond donors (Lipinski definition) is 1. The van der Waals surface area contributed by atoms with Gasteiger partial charge in [-0.15, -0.1) is 0 Å². The van der Waals surface area contributed by atoms with Crippen molar-refractivity contribution in [1.29, 1.82) is 0 Å². The van der Waals surface area contributed by atoms with E-state index in [1.54, 1.807) is 0 Å². The highest BCUT2D eigenvalue weighted by atomic mass is 16.4. The zero-order valence-electron chi connectivity index (χ0n) is 14.5. The average Bonchev–Trinajstić information content (AvgIpc) is 2.43. The molecule has 2 aliphatic carbocycles. The first kappa shape index (κ1) is 17.1. The number of allylic oxidation sites excluding steroid dienone is 4. The van der Waals surface area contributed by atoms with E-state index in [9.17, 15) is 9.90 Å². The number of carboxylic acids is 1. The lowest BCUT2D eigenvalue weighted by Gasteiger charge is -2.56. The summed E-state index contributed by atoms with van der Waals surface area (Å²) < 4.78 is 0. The van der Waals surface area contributed by atoms with Crippen LogP contribution in [0.4, 0.5) is 0 Å². The zero-order chi connectivity index (χ0) is 16.5. The third-order valence-electron chi connectivity index (χ3n) is 6.27. The Hall–Kier alpha value is -1.31. The summed E-state index contributed by atoms with van der Waals surface area (Å²) in [6.07, 6.45) is 11.3. The largest absolute Gasteiger partial charge is 0.478 e. The van der Waals surface area contributed by atoms with Crippen LogP contribution in [0.15, 0.2) is 36.0 Å². The summed E-state index contributed by atoms with van der Waals surface area (Å²) in [6.45, 7) is 12.9. The maximum absolute atomic E-state index is 11.7. The summed E-state index contributed by atoms with van der Waals surface area (Å²) in [6, 6.07) is 0. The van der Waals surface area contributed by atoms with Crippen LogP contribution < -0.4 is 0 Å². The second kappa shape index (κ2) is 6.06. The minimum Gasteiger partial charge on any atom is -0.478 e. The number of fused-ring (bicyclic) bond motifs is 1. The highest BCUT2D eigenvalue weighted by molar-refractivity contribution is 5.87. The van der Waals surface area contributed by atoms with Crippen LogP contribution >= 0.6 is 0 Å². The first-order valence-corrected chi connectivity index (χ1v) is 8.45. The molecule has 0 radical (unpaired) electrons. The Bertz CT molecular complexity index is 524. The van der Waals surface area contributed by atoms with Crippen molar-refractivity contribution in [2.24, 2.45) is 22.7 Å². The van der Waals surface area contributed by atoms with E-state index in [2.05, 4.69) is 33.4 Å². The third kappa shape index (κ3) is 2.93. The SMILES string of the molecule is C=C/C(C)=C/C[C@H]1C(C(=O)O)=CC[C@H]2C(C)(C)CCC[C@@]12C. The van der Waals surface area contributed by atoms with E-state index < -0.39 is 5.97 Å². The fraction of sp³-hybridized carbons (Fsp3) is 0.650. The minimum absolute atomic E-state index is 0.0855. The molecule has 2 heteroatoms. The fourth-order valence-corrected chi connectivity index (χ4v) is 4.93. The van der Waals surface area contributed by atoms with E-state index >= 15 is 0 Å². The summed E-state index contributed by atoms with van der Waals surface area (Å²) in [5.41, 5.74) is 2.14. The standard InChI is InChI=1S/C20H30O2/c1-6-14(2)8-10-16-15(18(21)22)9-11-17-19(3,4)12-7-13-20(16,17)5/h6,8-9,16-17H,1,7,10-13H2,2-5H3,(H,21,22)/b14-8+/t16-,17-,20-/m0/s1. The maximum Gasteiger partial charge on any atom is 0.331 e. The van der Waals surface area contributed by atoms with Crippen LogP contribution in [-0.2, 0) is 4.79 Å². The van der Waals surface area contributed by atoms with E-state index in [0.29, 0.717) is 16.9 Å². The molecule has 2 rings (SSSR count). The van der Waals surface area contributed by atoms with Crippen LogP contribution in [0.25, 0.3) is 0 Å². The van der Waals surface area contributed by atoms with E-state index in [1.807, 2.05) is 19.1 Å². The van der Waals surface area contributed by atoms with Crippen LogP contribution in [0.5, 0.6) is 0 Å². The highest BCUT2D eigenvalue weighted by Gasteiger charge is 2.53. The van der Waals surface area contributed by atoms with Gasteiger partial charge in [-0.2, -0.15) is 0 Å². The second-order valence-corrected chi connectivity index (χ2v) is 8.04. The normalized spacial score (nSPS) is 34.5. The Kier molecular flexibility index (Phi) is 4.70. The summed E-state index contributed by atoms with van der Waals surface area (Å²) in [4.78, 5) is 11.7. The Morgan fingerprint density at radius 1 is 1.41 bits per heavy atom. The summed E-state index contributed by atoms with van der Waals surface area (Å²) in [5, 5.41) is 9.66. The molecule has 2 aliphatic rings. The van der Waals surface area contributed by atoms with Crippen molar-refractivity contribution in [2.75, 3.05) is 0 Å². The van der Waals surface area contributed by atoms with E-state index in [4.69, 9.17) is 0 Å². The van der Waals surface area contributed by atoms with Crippen molar-refractivity contribution in [1.82, 2.24) is 0 Å². The summed E-state index contributed by atoms with van der Waals surface area (Å²) in [5.74, 6) is -0.0600. The third-order valence-corrected chi connectivity index (χ3v) is 6.27.